The van der Waals surface area contributed by atoms with Crippen molar-refractivity contribution in [1.82, 2.24) is 10.3 Å². The number of ether oxygens (including phenoxy) is 3. The first-order valence-electron chi connectivity index (χ1n) is 9.21. The monoisotopic (exact) mass is 384 g/mol. The van der Waals surface area contributed by atoms with E-state index in [0.717, 1.165) is 36.0 Å². The summed E-state index contributed by atoms with van der Waals surface area (Å²) in [4.78, 5) is 4.44. The standard InChI is InChI=1S/C21H24N2O3S/c1-24-18-3-4-20-19(10-18)16(6-8-22-20)2-5-21-25-12-17(13-26-21)23-11-15-7-9-27-14-15/h3-4,6-10,14,17,21,23H,2,5,11-13H2,1H3. The first-order chi connectivity index (χ1) is 13.3. The van der Waals surface area contributed by atoms with Crippen molar-refractivity contribution >= 4 is 22.2 Å². The van der Waals surface area contributed by atoms with Crippen molar-refractivity contribution in [3.05, 3.63) is 58.4 Å². The fourth-order valence-corrected chi connectivity index (χ4v) is 3.95. The lowest BCUT2D eigenvalue weighted by atomic mass is 10.0. The van der Waals surface area contributed by atoms with Crippen LogP contribution in [0.3, 0.4) is 0 Å². The van der Waals surface area contributed by atoms with E-state index in [1.54, 1.807) is 18.4 Å². The highest BCUT2D eigenvalue weighted by Crippen LogP contribution is 2.24. The number of hydrogen-bond donors (Lipinski definition) is 1. The molecule has 0 bridgehead atoms. The summed E-state index contributed by atoms with van der Waals surface area (Å²) in [7, 11) is 1.68. The highest BCUT2D eigenvalue weighted by molar-refractivity contribution is 7.07. The molecule has 5 nitrogen and oxygen atoms in total. The van der Waals surface area contributed by atoms with Crippen molar-refractivity contribution in [3.63, 3.8) is 0 Å². The minimum Gasteiger partial charge on any atom is -0.497 e. The molecular formula is C21H24N2O3S. The molecule has 4 rings (SSSR count). The van der Waals surface area contributed by atoms with E-state index in [4.69, 9.17) is 14.2 Å². The molecule has 1 aromatic carbocycles. The largest absolute Gasteiger partial charge is 0.497 e. The average molecular weight is 385 g/mol. The molecule has 0 saturated carbocycles. The van der Waals surface area contributed by atoms with E-state index in [1.165, 1.54) is 11.1 Å². The van der Waals surface area contributed by atoms with E-state index < -0.39 is 0 Å². The van der Waals surface area contributed by atoms with Gasteiger partial charge in [-0.2, -0.15) is 11.3 Å². The molecule has 2 aromatic heterocycles. The number of hydrogen-bond acceptors (Lipinski definition) is 6. The molecule has 1 aliphatic rings. The molecule has 3 heterocycles. The van der Waals surface area contributed by atoms with E-state index in [9.17, 15) is 0 Å². The number of nitrogens with zero attached hydrogens (tertiary/aromatic N) is 1. The highest BCUT2D eigenvalue weighted by Gasteiger charge is 2.22. The Hall–Kier alpha value is -1.99. The van der Waals surface area contributed by atoms with Gasteiger partial charge in [0.05, 0.1) is 31.9 Å². The maximum absolute atomic E-state index is 5.92. The zero-order valence-corrected chi connectivity index (χ0v) is 16.2. The Bertz CT molecular complexity index is 861. The smallest absolute Gasteiger partial charge is 0.158 e. The van der Waals surface area contributed by atoms with Crippen molar-refractivity contribution in [2.24, 2.45) is 0 Å². The molecule has 1 aliphatic heterocycles. The van der Waals surface area contributed by atoms with Gasteiger partial charge in [0.2, 0.25) is 0 Å². The number of fused-ring (bicyclic) bond motifs is 1. The number of nitrogens with one attached hydrogen (secondary N) is 1. The third kappa shape index (κ3) is 4.65. The molecule has 0 unspecified atom stereocenters. The Morgan fingerprint density at radius 2 is 2.11 bits per heavy atom. The minimum atomic E-state index is -0.155. The molecule has 27 heavy (non-hydrogen) atoms. The van der Waals surface area contributed by atoms with Crippen LogP contribution in [-0.4, -0.2) is 37.6 Å². The average Bonchev–Trinajstić information content (AvgIpc) is 3.24. The number of benzene rings is 1. The summed E-state index contributed by atoms with van der Waals surface area (Å²) in [5.74, 6) is 0.849. The third-order valence-corrected chi connectivity index (χ3v) is 5.56. The second kappa shape index (κ2) is 8.80. The van der Waals surface area contributed by atoms with Gasteiger partial charge >= 0.3 is 0 Å². The van der Waals surface area contributed by atoms with E-state index in [0.29, 0.717) is 13.2 Å². The molecule has 0 atom stereocenters. The van der Waals surface area contributed by atoms with E-state index in [-0.39, 0.29) is 12.3 Å². The Morgan fingerprint density at radius 3 is 2.89 bits per heavy atom. The Labute approximate surface area is 163 Å². The molecule has 3 aromatic rings. The van der Waals surface area contributed by atoms with Crippen molar-refractivity contribution < 1.29 is 14.2 Å². The van der Waals surface area contributed by atoms with Crippen LogP contribution in [-0.2, 0) is 22.4 Å². The fraction of sp³-hybridized carbons (Fsp3) is 0.381. The second-order valence-electron chi connectivity index (χ2n) is 6.70. The predicted molar refractivity (Wildman–Crippen MR) is 107 cm³/mol. The summed E-state index contributed by atoms with van der Waals surface area (Å²) in [5, 5.41) is 8.88. The summed E-state index contributed by atoms with van der Waals surface area (Å²) in [6.07, 6.45) is 3.41. The van der Waals surface area contributed by atoms with Gasteiger partial charge in [-0.1, -0.05) is 0 Å². The minimum absolute atomic E-state index is 0.155. The van der Waals surface area contributed by atoms with Gasteiger partial charge in [0.15, 0.2) is 6.29 Å². The number of aromatic nitrogens is 1. The van der Waals surface area contributed by atoms with Gasteiger partial charge in [-0.05, 0) is 58.6 Å². The van der Waals surface area contributed by atoms with E-state index in [2.05, 4.69) is 33.2 Å². The topological polar surface area (TPSA) is 52.6 Å². The van der Waals surface area contributed by atoms with Crippen molar-refractivity contribution in [3.8, 4) is 5.75 Å². The van der Waals surface area contributed by atoms with Gasteiger partial charge in [-0.3, -0.25) is 4.98 Å². The molecule has 0 spiro atoms. The van der Waals surface area contributed by atoms with Gasteiger partial charge in [0.25, 0.3) is 0 Å². The normalized spacial score (nSPS) is 20.0. The molecule has 6 heteroatoms. The van der Waals surface area contributed by atoms with Crippen molar-refractivity contribution in [2.45, 2.75) is 31.7 Å². The molecule has 0 radical (unpaired) electrons. The van der Waals surface area contributed by atoms with Gasteiger partial charge in [-0.25, -0.2) is 0 Å². The SMILES string of the molecule is COc1ccc2nccc(CCC3OCC(NCc4ccsc4)CO3)c2c1. The van der Waals surface area contributed by atoms with Crippen LogP contribution in [0.2, 0.25) is 0 Å². The summed E-state index contributed by atoms with van der Waals surface area (Å²) < 4.78 is 17.2. The molecule has 1 fully saturated rings. The number of methoxy groups -OCH3 is 1. The Balaban J connectivity index is 1.29. The van der Waals surface area contributed by atoms with Gasteiger partial charge in [0.1, 0.15) is 5.75 Å². The van der Waals surface area contributed by atoms with Crippen LogP contribution in [0.25, 0.3) is 10.9 Å². The summed E-state index contributed by atoms with van der Waals surface area (Å²) in [6.45, 7) is 2.22. The van der Waals surface area contributed by atoms with Crippen LogP contribution in [0.1, 0.15) is 17.5 Å². The molecule has 1 N–H and O–H groups in total. The lowest BCUT2D eigenvalue weighted by Crippen LogP contribution is -2.44. The maximum atomic E-state index is 5.92. The van der Waals surface area contributed by atoms with Crippen LogP contribution in [0, 0.1) is 0 Å². The number of pyridine rings is 1. The quantitative estimate of drug-likeness (QED) is 0.672. The fourth-order valence-electron chi connectivity index (χ4n) is 3.28. The first kappa shape index (κ1) is 18.4. The number of rotatable bonds is 7. The van der Waals surface area contributed by atoms with Crippen LogP contribution in [0.4, 0.5) is 0 Å². The molecule has 0 aliphatic carbocycles. The maximum Gasteiger partial charge on any atom is 0.158 e. The molecule has 142 valence electrons. The number of thiophene rings is 1. The summed E-state index contributed by atoms with van der Waals surface area (Å²) in [6, 6.07) is 10.4. The van der Waals surface area contributed by atoms with Gasteiger partial charge in [0, 0.05) is 24.5 Å². The zero-order chi connectivity index (χ0) is 18.5. The summed E-state index contributed by atoms with van der Waals surface area (Å²) >= 11 is 1.72. The van der Waals surface area contributed by atoms with Crippen LogP contribution >= 0.6 is 11.3 Å². The van der Waals surface area contributed by atoms with E-state index >= 15 is 0 Å². The predicted octanol–water partition coefficient (Wildman–Crippen LogP) is 3.77. The van der Waals surface area contributed by atoms with Crippen molar-refractivity contribution in [2.75, 3.05) is 20.3 Å². The highest BCUT2D eigenvalue weighted by atomic mass is 32.1. The Morgan fingerprint density at radius 1 is 1.22 bits per heavy atom. The molecular weight excluding hydrogens is 360 g/mol. The Kier molecular flexibility index (Phi) is 5.99. The van der Waals surface area contributed by atoms with Crippen LogP contribution in [0.15, 0.2) is 47.3 Å². The van der Waals surface area contributed by atoms with Gasteiger partial charge < -0.3 is 19.5 Å². The first-order valence-corrected chi connectivity index (χ1v) is 10.2. The van der Waals surface area contributed by atoms with Crippen LogP contribution in [0.5, 0.6) is 5.75 Å². The van der Waals surface area contributed by atoms with Gasteiger partial charge in [-0.15, -0.1) is 0 Å². The lowest BCUT2D eigenvalue weighted by Gasteiger charge is -2.30. The molecule has 1 saturated heterocycles. The summed E-state index contributed by atoms with van der Waals surface area (Å²) in [5.41, 5.74) is 3.53. The van der Waals surface area contributed by atoms with E-state index in [1.807, 2.05) is 24.4 Å². The second-order valence-corrected chi connectivity index (χ2v) is 7.48. The third-order valence-electron chi connectivity index (χ3n) is 4.83. The zero-order valence-electron chi connectivity index (χ0n) is 15.4. The molecule has 0 amide bonds. The van der Waals surface area contributed by atoms with Crippen molar-refractivity contribution in [1.29, 1.82) is 0 Å². The lowest BCUT2D eigenvalue weighted by molar-refractivity contribution is -0.192. The number of aryl methyl sites for hydroxylation is 1. The van der Waals surface area contributed by atoms with Crippen LogP contribution < -0.4 is 10.1 Å².